The van der Waals surface area contributed by atoms with E-state index in [0.29, 0.717) is 10.9 Å². The maximum absolute atomic E-state index is 2.34. The minimum atomic E-state index is 0.667. The van der Waals surface area contributed by atoms with Gasteiger partial charge < -0.3 is 0 Å². The van der Waals surface area contributed by atoms with Crippen molar-refractivity contribution in [2.24, 2.45) is 0 Å². The first kappa shape index (κ1) is 9.70. The average molecular weight is 166 g/mol. The molecule has 0 aromatic carbocycles. The Hall–Kier alpha value is 0.700. The highest BCUT2D eigenvalue weighted by molar-refractivity contribution is 8.12. The molecule has 0 aliphatic carbocycles. The summed E-state index contributed by atoms with van der Waals surface area (Å²) in [6, 6.07) is 0. The normalized spacial score (nSPS) is 11.3. The van der Waals surface area contributed by atoms with Crippen LogP contribution in [0, 0.1) is 0 Å². The monoisotopic (exact) mass is 166 g/mol. The lowest BCUT2D eigenvalue weighted by Crippen LogP contribution is -2.18. The molecule has 9 heavy (non-hydrogen) atoms. The van der Waals surface area contributed by atoms with Crippen LogP contribution in [-0.2, 0) is 21.8 Å². The highest BCUT2D eigenvalue weighted by atomic mass is 32.3. The molecule has 0 fully saturated rings. The second kappa shape index (κ2) is 5.48. The molecule has 0 saturated heterocycles. The molecule has 0 aliphatic heterocycles. The molecular formula is C7H18S2+2. The summed E-state index contributed by atoms with van der Waals surface area (Å²) in [5.74, 6) is 2.78. The molecular weight excluding hydrogens is 148 g/mol. The van der Waals surface area contributed by atoms with E-state index in [2.05, 4.69) is 26.4 Å². The summed E-state index contributed by atoms with van der Waals surface area (Å²) in [7, 11) is 1.41. The molecule has 0 saturated carbocycles. The first-order valence-electron chi connectivity index (χ1n) is 3.39. The molecule has 0 rings (SSSR count). The van der Waals surface area contributed by atoms with Crippen molar-refractivity contribution in [2.75, 3.05) is 29.1 Å². The van der Waals surface area contributed by atoms with Crippen molar-refractivity contribution in [3.8, 4) is 0 Å². The van der Waals surface area contributed by atoms with Gasteiger partial charge in [-0.25, -0.2) is 0 Å². The first-order chi connectivity index (χ1) is 4.20. The number of hydrogen-bond acceptors (Lipinski definition) is 0. The summed E-state index contributed by atoms with van der Waals surface area (Å²) < 4.78 is 0. The van der Waals surface area contributed by atoms with Crippen LogP contribution >= 0.6 is 0 Å². The summed E-state index contributed by atoms with van der Waals surface area (Å²) in [5, 5.41) is 1.47. The van der Waals surface area contributed by atoms with E-state index in [1.807, 2.05) is 0 Å². The van der Waals surface area contributed by atoms with Crippen LogP contribution in [0.4, 0.5) is 0 Å². The minimum Gasteiger partial charge on any atom is -0.0196 e. The first-order valence-corrected chi connectivity index (χ1v) is 7.33. The van der Waals surface area contributed by atoms with E-state index in [0.717, 1.165) is 10.9 Å². The van der Waals surface area contributed by atoms with Crippen LogP contribution in [0.1, 0.15) is 13.8 Å². The molecule has 0 N–H and O–H groups in total. The fraction of sp³-hybridized carbons (Fsp3) is 1.00. The van der Waals surface area contributed by atoms with Crippen LogP contribution in [0.5, 0.6) is 0 Å². The SMILES string of the molecule is CC[S+](CC)C[S+](C)C. The van der Waals surface area contributed by atoms with Crippen molar-refractivity contribution in [2.45, 2.75) is 13.8 Å². The Morgan fingerprint density at radius 3 is 1.56 bits per heavy atom. The van der Waals surface area contributed by atoms with Gasteiger partial charge in [-0.2, -0.15) is 0 Å². The fourth-order valence-electron chi connectivity index (χ4n) is 0.704. The molecule has 0 unspecified atom stereocenters. The molecule has 56 valence electrons. The molecule has 0 nitrogen and oxygen atoms in total. The topological polar surface area (TPSA) is 0 Å². The lowest BCUT2D eigenvalue weighted by atomic mass is 11.0. The fourth-order valence-corrected chi connectivity index (χ4v) is 5.11. The number of hydrogen-bond donors (Lipinski definition) is 0. The molecule has 0 aromatic heterocycles. The van der Waals surface area contributed by atoms with Gasteiger partial charge in [0.25, 0.3) is 5.08 Å². The predicted molar refractivity (Wildman–Crippen MR) is 52.5 cm³/mol. The standard InChI is InChI=1S/C7H18S2/c1-5-9(6-2)7-8(3)4/h5-7H2,1-4H3/q+2. The van der Waals surface area contributed by atoms with Crippen molar-refractivity contribution in [1.82, 2.24) is 0 Å². The molecule has 0 radical (unpaired) electrons. The zero-order chi connectivity index (χ0) is 7.28. The molecule has 0 heterocycles. The second-order valence-corrected chi connectivity index (χ2v) is 7.59. The van der Waals surface area contributed by atoms with E-state index in [-0.39, 0.29) is 0 Å². The smallest absolute Gasteiger partial charge is 0.0196 e. The van der Waals surface area contributed by atoms with Crippen molar-refractivity contribution in [3.05, 3.63) is 0 Å². The third kappa shape index (κ3) is 5.16. The van der Waals surface area contributed by atoms with Crippen molar-refractivity contribution in [3.63, 3.8) is 0 Å². The van der Waals surface area contributed by atoms with Gasteiger partial charge in [-0.15, -0.1) is 0 Å². The predicted octanol–water partition coefficient (Wildman–Crippen LogP) is 1.48. The van der Waals surface area contributed by atoms with Gasteiger partial charge in [0.05, 0.1) is 0 Å². The third-order valence-corrected chi connectivity index (χ3v) is 6.07. The van der Waals surface area contributed by atoms with Gasteiger partial charge in [-0.3, -0.25) is 0 Å². The van der Waals surface area contributed by atoms with Gasteiger partial charge in [0.2, 0.25) is 0 Å². The van der Waals surface area contributed by atoms with E-state index < -0.39 is 0 Å². The molecule has 0 aliphatic rings. The van der Waals surface area contributed by atoms with E-state index in [9.17, 15) is 0 Å². The van der Waals surface area contributed by atoms with Gasteiger partial charge in [0.15, 0.2) is 0 Å². The summed E-state index contributed by atoms with van der Waals surface area (Å²) >= 11 is 0. The van der Waals surface area contributed by atoms with Crippen LogP contribution in [0.25, 0.3) is 0 Å². The largest absolute Gasteiger partial charge is 0.257 e. The van der Waals surface area contributed by atoms with Crippen molar-refractivity contribution >= 4 is 21.8 Å². The highest BCUT2D eigenvalue weighted by Crippen LogP contribution is 2.00. The second-order valence-electron chi connectivity index (χ2n) is 2.29. The third-order valence-electron chi connectivity index (χ3n) is 1.22. The zero-order valence-corrected chi connectivity index (χ0v) is 8.57. The summed E-state index contributed by atoms with van der Waals surface area (Å²) in [6.45, 7) is 4.61. The molecule has 2 heteroatoms. The highest BCUT2D eigenvalue weighted by Gasteiger charge is 2.19. The maximum atomic E-state index is 2.34. The van der Waals surface area contributed by atoms with Gasteiger partial charge in [-0.05, 0) is 13.8 Å². The zero-order valence-electron chi connectivity index (χ0n) is 6.94. The lowest BCUT2D eigenvalue weighted by molar-refractivity contribution is 1.43. The maximum Gasteiger partial charge on any atom is 0.257 e. The molecule has 0 atom stereocenters. The Morgan fingerprint density at radius 1 is 1.00 bits per heavy atom. The summed E-state index contributed by atoms with van der Waals surface area (Å²) in [6.07, 6.45) is 4.68. The van der Waals surface area contributed by atoms with E-state index in [4.69, 9.17) is 0 Å². The lowest BCUT2D eigenvalue weighted by Gasteiger charge is -1.99. The molecule has 0 amide bonds. The molecule has 0 spiro atoms. The summed E-state index contributed by atoms with van der Waals surface area (Å²) in [4.78, 5) is 0. The molecule has 0 bridgehead atoms. The Bertz CT molecular complexity index is 57.9. The van der Waals surface area contributed by atoms with Crippen LogP contribution in [0.2, 0.25) is 0 Å². The van der Waals surface area contributed by atoms with Crippen LogP contribution in [-0.4, -0.2) is 29.1 Å². The quantitative estimate of drug-likeness (QED) is 0.555. The number of rotatable bonds is 4. The van der Waals surface area contributed by atoms with Crippen LogP contribution in [0.3, 0.4) is 0 Å². The Morgan fingerprint density at radius 2 is 1.44 bits per heavy atom. The van der Waals surface area contributed by atoms with Gasteiger partial charge in [-0.1, -0.05) is 0 Å². The van der Waals surface area contributed by atoms with Crippen molar-refractivity contribution in [1.29, 1.82) is 0 Å². The van der Waals surface area contributed by atoms with Gasteiger partial charge in [0, 0.05) is 21.8 Å². The van der Waals surface area contributed by atoms with E-state index in [1.54, 1.807) is 0 Å². The molecule has 0 aromatic rings. The van der Waals surface area contributed by atoms with Gasteiger partial charge >= 0.3 is 0 Å². The Labute approximate surface area is 65.1 Å². The Balaban J connectivity index is 3.31. The minimum absolute atomic E-state index is 0.667. The van der Waals surface area contributed by atoms with Crippen molar-refractivity contribution < 1.29 is 0 Å². The van der Waals surface area contributed by atoms with Crippen LogP contribution in [0.15, 0.2) is 0 Å². The van der Waals surface area contributed by atoms with Crippen LogP contribution < -0.4 is 0 Å². The van der Waals surface area contributed by atoms with E-state index >= 15 is 0 Å². The van der Waals surface area contributed by atoms with Gasteiger partial charge in [0.1, 0.15) is 24.0 Å². The Kier molecular flexibility index (Phi) is 5.91. The van der Waals surface area contributed by atoms with E-state index in [1.165, 1.54) is 16.6 Å². The summed E-state index contributed by atoms with van der Waals surface area (Å²) in [5.41, 5.74) is 0. The average Bonchev–Trinajstić information content (AvgIpc) is 1.82.